The van der Waals surface area contributed by atoms with Crippen molar-refractivity contribution >= 4 is 0 Å². The summed E-state index contributed by atoms with van der Waals surface area (Å²) in [5, 5.41) is 18.3. The number of halogens is 1. The normalized spacial score (nSPS) is 10.7. The quantitative estimate of drug-likeness (QED) is 0.635. The Balaban J connectivity index is 3.27. The van der Waals surface area contributed by atoms with Gasteiger partial charge in [-0.3, -0.25) is 0 Å². The van der Waals surface area contributed by atoms with E-state index >= 15 is 0 Å². The lowest BCUT2D eigenvalue weighted by Gasteiger charge is -2.09. The van der Waals surface area contributed by atoms with Crippen LogP contribution in [0.5, 0.6) is 11.5 Å². The first-order valence-electron chi connectivity index (χ1n) is 3.74. The third-order valence-electron chi connectivity index (χ3n) is 1.76. The van der Waals surface area contributed by atoms with Gasteiger partial charge in [-0.15, -0.1) is 0 Å². The predicted octanol–water partition coefficient (Wildman–Crippen LogP) is 2.36. The van der Waals surface area contributed by atoms with E-state index in [1.807, 2.05) is 13.8 Å². The van der Waals surface area contributed by atoms with Crippen LogP contribution in [0.1, 0.15) is 25.3 Å². The summed E-state index contributed by atoms with van der Waals surface area (Å²) in [5.41, 5.74) is 0.550. The second-order valence-electron chi connectivity index (χ2n) is 2.99. The van der Waals surface area contributed by atoms with E-state index in [-0.39, 0.29) is 11.7 Å². The minimum absolute atomic E-state index is 0.0662. The Morgan fingerprint density at radius 2 is 1.75 bits per heavy atom. The second kappa shape index (κ2) is 3.01. The Morgan fingerprint density at radius 1 is 1.17 bits per heavy atom. The number of benzene rings is 1. The number of aromatic hydroxyl groups is 2. The van der Waals surface area contributed by atoms with Crippen molar-refractivity contribution in [3.05, 3.63) is 23.5 Å². The van der Waals surface area contributed by atoms with Crippen molar-refractivity contribution in [3.63, 3.8) is 0 Å². The smallest absolute Gasteiger partial charge is 0.194 e. The molecule has 2 nitrogen and oxygen atoms in total. The highest BCUT2D eigenvalue weighted by Crippen LogP contribution is 2.35. The van der Waals surface area contributed by atoms with Crippen molar-refractivity contribution in [1.29, 1.82) is 0 Å². The van der Waals surface area contributed by atoms with Crippen LogP contribution in [0.4, 0.5) is 4.39 Å². The molecule has 0 saturated heterocycles. The molecule has 0 heterocycles. The van der Waals surface area contributed by atoms with Gasteiger partial charge in [0.05, 0.1) is 0 Å². The zero-order valence-corrected chi connectivity index (χ0v) is 7.00. The Labute approximate surface area is 70.3 Å². The fourth-order valence-electron chi connectivity index (χ4n) is 1.04. The molecule has 1 aromatic carbocycles. The lowest BCUT2D eigenvalue weighted by atomic mass is 10.0. The molecule has 0 aliphatic carbocycles. The molecule has 0 bridgehead atoms. The zero-order chi connectivity index (χ0) is 9.30. The molecular weight excluding hydrogens is 159 g/mol. The summed E-state index contributed by atoms with van der Waals surface area (Å²) in [6, 6.07) is 2.61. The van der Waals surface area contributed by atoms with Crippen molar-refractivity contribution < 1.29 is 14.6 Å². The van der Waals surface area contributed by atoms with E-state index in [1.165, 1.54) is 6.07 Å². The monoisotopic (exact) mass is 170 g/mol. The maximum Gasteiger partial charge on any atom is 0.194 e. The molecular formula is C9H11FO2. The van der Waals surface area contributed by atoms with E-state index in [4.69, 9.17) is 5.11 Å². The van der Waals surface area contributed by atoms with Crippen LogP contribution >= 0.6 is 0 Å². The van der Waals surface area contributed by atoms with Gasteiger partial charge >= 0.3 is 0 Å². The molecule has 0 saturated carbocycles. The SMILES string of the molecule is CC(C)c1ccc(F)c(O)c1O. The molecule has 0 radical (unpaired) electrons. The zero-order valence-electron chi connectivity index (χ0n) is 7.00. The van der Waals surface area contributed by atoms with Crippen LogP contribution in [0.25, 0.3) is 0 Å². The van der Waals surface area contributed by atoms with Gasteiger partial charge in [-0.05, 0) is 12.0 Å². The fourth-order valence-corrected chi connectivity index (χ4v) is 1.04. The van der Waals surface area contributed by atoms with Crippen molar-refractivity contribution in [1.82, 2.24) is 0 Å². The Morgan fingerprint density at radius 3 is 2.25 bits per heavy atom. The van der Waals surface area contributed by atoms with E-state index in [0.29, 0.717) is 5.56 Å². The van der Waals surface area contributed by atoms with Gasteiger partial charge in [0.15, 0.2) is 17.3 Å². The lowest BCUT2D eigenvalue weighted by molar-refractivity contribution is 0.374. The van der Waals surface area contributed by atoms with Crippen LogP contribution in [0.15, 0.2) is 12.1 Å². The number of phenolic OH excluding ortho intramolecular Hbond substituents is 2. The van der Waals surface area contributed by atoms with Crippen molar-refractivity contribution in [2.45, 2.75) is 19.8 Å². The molecule has 0 fully saturated rings. The van der Waals surface area contributed by atoms with Gasteiger partial charge in [0, 0.05) is 5.56 Å². The van der Waals surface area contributed by atoms with Crippen molar-refractivity contribution in [3.8, 4) is 11.5 Å². The summed E-state index contributed by atoms with van der Waals surface area (Å²) in [5.74, 6) is -1.75. The summed E-state index contributed by atoms with van der Waals surface area (Å²) >= 11 is 0. The van der Waals surface area contributed by atoms with Gasteiger partial charge in [-0.25, -0.2) is 4.39 Å². The van der Waals surface area contributed by atoms with Crippen LogP contribution in [-0.4, -0.2) is 10.2 Å². The number of rotatable bonds is 1. The maximum absolute atomic E-state index is 12.6. The minimum Gasteiger partial charge on any atom is -0.504 e. The van der Waals surface area contributed by atoms with E-state index in [1.54, 1.807) is 0 Å². The van der Waals surface area contributed by atoms with Crippen LogP contribution in [-0.2, 0) is 0 Å². The Kier molecular flexibility index (Phi) is 2.22. The van der Waals surface area contributed by atoms with Gasteiger partial charge in [0.1, 0.15) is 0 Å². The summed E-state index contributed by atoms with van der Waals surface area (Å²) in [6.45, 7) is 3.71. The minimum atomic E-state index is -0.795. The van der Waals surface area contributed by atoms with Crippen molar-refractivity contribution in [2.24, 2.45) is 0 Å². The first-order valence-corrected chi connectivity index (χ1v) is 3.74. The summed E-state index contributed by atoms with van der Waals surface area (Å²) < 4.78 is 12.6. The van der Waals surface area contributed by atoms with Crippen LogP contribution < -0.4 is 0 Å². The molecule has 0 spiro atoms. The van der Waals surface area contributed by atoms with Crippen LogP contribution in [0, 0.1) is 5.82 Å². The summed E-state index contributed by atoms with van der Waals surface area (Å²) in [7, 11) is 0. The highest BCUT2D eigenvalue weighted by molar-refractivity contribution is 5.46. The molecule has 12 heavy (non-hydrogen) atoms. The lowest BCUT2D eigenvalue weighted by Crippen LogP contribution is -1.89. The number of hydrogen-bond acceptors (Lipinski definition) is 2. The van der Waals surface area contributed by atoms with Gasteiger partial charge in [0.25, 0.3) is 0 Å². The Hall–Kier alpha value is -1.25. The Bertz CT molecular complexity index is 295. The first kappa shape index (κ1) is 8.84. The van der Waals surface area contributed by atoms with E-state index in [2.05, 4.69) is 0 Å². The molecule has 0 amide bonds. The van der Waals surface area contributed by atoms with E-state index in [9.17, 15) is 9.50 Å². The molecule has 0 aromatic heterocycles. The molecule has 0 aliphatic rings. The largest absolute Gasteiger partial charge is 0.504 e. The van der Waals surface area contributed by atoms with Gasteiger partial charge in [-0.1, -0.05) is 19.9 Å². The topological polar surface area (TPSA) is 40.5 Å². The fraction of sp³-hybridized carbons (Fsp3) is 0.333. The third kappa shape index (κ3) is 1.35. The third-order valence-corrected chi connectivity index (χ3v) is 1.76. The standard InChI is InChI=1S/C9H11FO2/c1-5(2)6-3-4-7(10)9(12)8(6)11/h3-5,11-12H,1-2H3. The molecule has 3 heteroatoms. The molecule has 0 atom stereocenters. The molecule has 66 valence electrons. The molecule has 1 rings (SSSR count). The molecule has 1 aromatic rings. The van der Waals surface area contributed by atoms with E-state index in [0.717, 1.165) is 6.07 Å². The summed E-state index contributed by atoms with van der Waals surface area (Å²) in [6.07, 6.45) is 0. The number of phenols is 2. The van der Waals surface area contributed by atoms with Gasteiger partial charge < -0.3 is 10.2 Å². The summed E-state index contributed by atoms with van der Waals surface area (Å²) in [4.78, 5) is 0. The highest BCUT2D eigenvalue weighted by atomic mass is 19.1. The van der Waals surface area contributed by atoms with E-state index < -0.39 is 11.6 Å². The van der Waals surface area contributed by atoms with Crippen LogP contribution in [0.2, 0.25) is 0 Å². The van der Waals surface area contributed by atoms with Gasteiger partial charge in [-0.2, -0.15) is 0 Å². The average molecular weight is 170 g/mol. The maximum atomic E-state index is 12.6. The molecule has 0 unspecified atom stereocenters. The number of hydrogen-bond donors (Lipinski definition) is 2. The average Bonchev–Trinajstić information content (AvgIpc) is 2.00. The second-order valence-corrected chi connectivity index (χ2v) is 2.99. The molecule has 2 N–H and O–H groups in total. The first-order chi connectivity index (χ1) is 5.54. The predicted molar refractivity (Wildman–Crippen MR) is 43.8 cm³/mol. The highest BCUT2D eigenvalue weighted by Gasteiger charge is 2.13. The van der Waals surface area contributed by atoms with Gasteiger partial charge in [0.2, 0.25) is 0 Å². The van der Waals surface area contributed by atoms with Crippen molar-refractivity contribution in [2.75, 3.05) is 0 Å². The van der Waals surface area contributed by atoms with Crippen LogP contribution in [0.3, 0.4) is 0 Å². The molecule has 0 aliphatic heterocycles.